The number of methoxy groups -OCH3 is 1. The monoisotopic (exact) mass is 672 g/mol. The van der Waals surface area contributed by atoms with Gasteiger partial charge in [0.2, 0.25) is 0 Å². The number of fused-ring (bicyclic) bond motifs is 1. The number of esters is 2. The van der Waals surface area contributed by atoms with Crippen LogP contribution in [-0.4, -0.2) is 49.5 Å². The molecule has 228 valence electrons. The minimum absolute atomic E-state index is 0.134. The van der Waals surface area contributed by atoms with E-state index in [1.165, 1.54) is 23.0 Å². The average Bonchev–Trinajstić information content (AvgIpc) is 3.25. The van der Waals surface area contributed by atoms with Gasteiger partial charge in [-0.15, -0.1) is 0 Å². The Kier molecular flexibility index (Phi) is 10.5. The number of hydrogen-bond donors (Lipinski definition) is 0. The molecule has 4 rings (SSSR count). The number of rotatable bonds is 11. The first-order valence-corrected chi connectivity index (χ1v) is 15.3. The molecule has 12 heteroatoms. The fraction of sp³-hybridized carbons (Fsp3) is 0.355. The van der Waals surface area contributed by atoms with Crippen molar-refractivity contribution in [3.63, 3.8) is 0 Å². The van der Waals surface area contributed by atoms with Gasteiger partial charge in [0.05, 0.1) is 46.7 Å². The Morgan fingerprint density at radius 3 is 2.53 bits per heavy atom. The van der Waals surface area contributed by atoms with Crippen molar-refractivity contribution in [3.8, 4) is 17.2 Å². The number of nitrogens with zero attached hydrogens (tertiary/aromatic N) is 2. The molecule has 0 saturated carbocycles. The number of ether oxygens (including phenoxy) is 5. The van der Waals surface area contributed by atoms with E-state index in [2.05, 4.69) is 25.7 Å². The van der Waals surface area contributed by atoms with Crippen molar-refractivity contribution >= 4 is 45.3 Å². The molecule has 10 nitrogen and oxygen atoms in total. The number of carbonyl (C=O) groups excluding carboxylic acids is 2. The van der Waals surface area contributed by atoms with Gasteiger partial charge in [-0.2, -0.15) is 0 Å². The molecule has 0 unspecified atom stereocenters. The zero-order valence-electron chi connectivity index (χ0n) is 24.8. The van der Waals surface area contributed by atoms with Crippen LogP contribution < -0.4 is 29.1 Å². The first-order valence-electron chi connectivity index (χ1n) is 13.7. The van der Waals surface area contributed by atoms with Gasteiger partial charge in [-0.3, -0.25) is 9.36 Å². The second kappa shape index (κ2) is 14.0. The van der Waals surface area contributed by atoms with Crippen molar-refractivity contribution < 1.29 is 33.3 Å². The molecule has 0 spiro atoms. The van der Waals surface area contributed by atoms with E-state index in [1.54, 1.807) is 32.1 Å². The normalized spacial score (nSPS) is 14.7. The van der Waals surface area contributed by atoms with Gasteiger partial charge >= 0.3 is 11.9 Å². The highest BCUT2D eigenvalue weighted by atomic mass is 79.9. The number of para-hydroxylation sites is 1. The molecule has 2 heterocycles. The molecule has 3 aromatic rings. The van der Waals surface area contributed by atoms with E-state index in [9.17, 15) is 14.4 Å². The van der Waals surface area contributed by atoms with Crippen molar-refractivity contribution in [2.75, 3.05) is 26.9 Å². The van der Waals surface area contributed by atoms with Crippen LogP contribution in [0.5, 0.6) is 17.2 Å². The van der Waals surface area contributed by atoms with Gasteiger partial charge in [0.25, 0.3) is 5.56 Å². The van der Waals surface area contributed by atoms with Crippen molar-refractivity contribution in [1.82, 2.24) is 4.57 Å². The van der Waals surface area contributed by atoms with Crippen LogP contribution in [0.2, 0.25) is 0 Å². The molecule has 0 N–H and O–H groups in total. The smallest absolute Gasteiger partial charge is 0.343 e. The fourth-order valence-corrected chi connectivity index (χ4v) is 6.19. The molecule has 0 fully saturated rings. The maximum atomic E-state index is 14.1. The maximum absolute atomic E-state index is 14.1. The van der Waals surface area contributed by atoms with Crippen LogP contribution in [0.4, 0.5) is 0 Å². The summed E-state index contributed by atoms with van der Waals surface area (Å²) in [5, 5.41) is 0. The molecule has 1 atom stereocenters. The van der Waals surface area contributed by atoms with Crippen LogP contribution in [0.3, 0.4) is 0 Å². The third-order valence-corrected chi connectivity index (χ3v) is 7.86. The summed E-state index contributed by atoms with van der Waals surface area (Å²) in [5.41, 5.74) is 1.70. The number of carbonyl (C=O) groups is 2. The predicted octanol–water partition coefficient (Wildman–Crippen LogP) is 4.30. The van der Waals surface area contributed by atoms with E-state index < -0.39 is 18.0 Å². The Morgan fingerprint density at radius 1 is 1.12 bits per heavy atom. The lowest BCUT2D eigenvalue weighted by atomic mass is 9.95. The zero-order valence-corrected chi connectivity index (χ0v) is 27.2. The van der Waals surface area contributed by atoms with Gasteiger partial charge in [-0.1, -0.05) is 29.5 Å². The Labute approximate surface area is 261 Å². The number of hydrogen-bond acceptors (Lipinski definition) is 10. The first kappa shape index (κ1) is 32.0. The number of benzene rings is 2. The second-order valence-electron chi connectivity index (χ2n) is 9.63. The minimum Gasteiger partial charge on any atom is -0.491 e. The molecule has 0 aliphatic carbocycles. The lowest BCUT2D eigenvalue weighted by molar-refractivity contribution is -0.143. The van der Waals surface area contributed by atoms with E-state index in [0.717, 1.165) is 0 Å². The Hall–Kier alpha value is -3.90. The SMILES string of the molecule is CCOC(=O)C1=C(C)N=c2s/c(=C/c3cc(Br)c(OCC(=O)OC)c(OCC)c3)c(=O)n2[C@H]1c1ccccc1OC(C)C. The lowest BCUT2D eigenvalue weighted by Gasteiger charge is -2.26. The predicted molar refractivity (Wildman–Crippen MR) is 165 cm³/mol. The third-order valence-electron chi connectivity index (χ3n) is 6.28. The topological polar surface area (TPSA) is 115 Å². The molecule has 43 heavy (non-hydrogen) atoms. The van der Waals surface area contributed by atoms with Crippen LogP contribution in [0.15, 0.2) is 61.9 Å². The highest BCUT2D eigenvalue weighted by molar-refractivity contribution is 9.10. The minimum atomic E-state index is -0.813. The molecule has 0 saturated heterocycles. The van der Waals surface area contributed by atoms with Crippen molar-refractivity contribution in [2.24, 2.45) is 4.99 Å². The van der Waals surface area contributed by atoms with Gasteiger partial charge in [-0.25, -0.2) is 14.6 Å². The summed E-state index contributed by atoms with van der Waals surface area (Å²) in [6.07, 6.45) is 1.59. The first-order chi connectivity index (χ1) is 20.6. The van der Waals surface area contributed by atoms with Gasteiger partial charge in [0, 0.05) is 5.56 Å². The van der Waals surface area contributed by atoms with E-state index in [0.29, 0.717) is 54.5 Å². The summed E-state index contributed by atoms with van der Waals surface area (Å²) < 4.78 is 30.0. The molecule has 2 aromatic carbocycles. The van der Waals surface area contributed by atoms with Crippen LogP contribution in [0.25, 0.3) is 6.08 Å². The molecular weight excluding hydrogens is 640 g/mol. The maximum Gasteiger partial charge on any atom is 0.343 e. The number of aromatic nitrogens is 1. The fourth-order valence-electron chi connectivity index (χ4n) is 4.57. The Balaban J connectivity index is 1.90. The number of halogens is 1. The quantitative estimate of drug-likeness (QED) is 0.277. The lowest BCUT2D eigenvalue weighted by Crippen LogP contribution is -2.40. The zero-order chi connectivity index (χ0) is 31.3. The van der Waals surface area contributed by atoms with Crippen LogP contribution in [0, 0.1) is 0 Å². The summed E-state index contributed by atoms with van der Waals surface area (Å²) in [7, 11) is 1.28. The van der Waals surface area contributed by atoms with Gasteiger partial charge in [-0.05, 0) is 80.4 Å². The van der Waals surface area contributed by atoms with Gasteiger partial charge in [0.15, 0.2) is 22.9 Å². The van der Waals surface area contributed by atoms with Crippen LogP contribution in [0.1, 0.15) is 51.8 Å². The van der Waals surface area contributed by atoms with Crippen molar-refractivity contribution in [1.29, 1.82) is 0 Å². The van der Waals surface area contributed by atoms with Crippen LogP contribution >= 0.6 is 27.3 Å². The van der Waals surface area contributed by atoms with Crippen LogP contribution in [-0.2, 0) is 19.1 Å². The summed E-state index contributed by atoms with van der Waals surface area (Å²) in [6.45, 7) is 9.35. The summed E-state index contributed by atoms with van der Waals surface area (Å²) in [6, 6.07) is 10.0. The van der Waals surface area contributed by atoms with E-state index in [1.807, 2.05) is 45.0 Å². The summed E-state index contributed by atoms with van der Waals surface area (Å²) in [5.74, 6) is 0.198. The second-order valence-corrected chi connectivity index (χ2v) is 11.5. The summed E-state index contributed by atoms with van der Waals surface area (Å²) >= 11 is 4.70. The number of thiazole rings is 1. The van der Waals surface area contributed by atoms with E-state index in [4.69, 9.17) is 18.9 Å². The molecular formula is C31H33BrN2O8S. The Bertz CT molecular complexity index is 1740. The summed E-state index contributed by atoms with van der Waals surface area (Å²) in [4.78, 5) is 44.1. The van der Waals surface area contributed by atoms with Crippen molar-refractivity contribution in [3.05, 3.63) is 83.0 Å². The Morgan fingerprint density at radius 2 is 1.86 bits per heavy atom. The molecule has 1 aliphatic rings. The van der Waals surface area contributed by atoms with Crippen molar-refractivity contribution in [2.45, 2.75) is 46.8 Å². The average molecular weight is 674 g/mol. The highest BCUT2D eigenvalue weighted by Gasteiger charge is 2.35. The van der Waals surface area contributed by atoms with E-state index >= 15 is 0 Å². The molecule has 0 amide bonds. The largest absolute Gasteiger partial charge is 0.491 e. The molecule has 1 aromatic heterocycles. The van der Waals surface area contributed by atoms with Gasteiger partial charge in [0.1, 0.15) is 11.8 Å². The number of allylic oxidation sites excluding steroid dienone is 1. The van der Waals surface area contributed by atoms with Gasteiger partial charge < -0.3 is 23.7 Å². The molecule has 1 aliphatic heterocycles. The standard InChI is InChI=1S/C31H33BrN2O8S/c1-7-39-23-14-19(13-21(32)28(23)41-16-25(35)38-6)15-24-29(36)34-27(20-11-9-10-12-22(20)42-17(3)4)26(30(37)40-8-2)18(5)33-31(34)43-24/h9-15,17,27H,7-8,16H2,1-6H3/b24-15+/t27-/m0/s1. The highest BCUT2D eigenvalue weighted by Crippen LogP contribution is 2.38. The molecule has 0 bridgehead atoms. The molecule has 0 radical (unpaired) electrons. The third kappa shape index (κ3) is 7.02. The van der Waals surface area contributed by atoms with E-state index in [-0.39, 0.29) is 30.5 Å².